The molecular formula is C13H18N2O. The summed E-state index contributed by atoms with van der Waals surface area (Å²) in [5, 5.41) is 0. The van der Waals surface area contributed by atoms with Crippen molar-refractivity contribution in [2.75, 3.05) is 12.8 Å². The van der Waals surface area contributed by atoms with Gasteiger partial charge in [-0.05, 0) is 36.5 Å². The Morgan fingerprint density at radius 1 is 1.50 bits per heavy atom. The number of rotatable bonds is 4. The second kappa shape index (κ2) is 4.56. The van der Waals surface area contributed by atoms with Gasteiger partial charge in [0, 0.05) is 25.7 Å². The van der Waals surface area contributed by atoms with Gasteiger partial charge in [0.05, 0.1) is 0 Å². The third-order valence-corrected chi connectivity index (χ3v) is 2.96. The highest BCUT2D eigenvalue weighted by atomic mass is 16.2. The van der Waals surface area contributed by atoms with Gasteiger partial charge in [-0.25, -0.2) is 0 Å². The molecule has 86 valence electrons. The van der Waals surface area contributed by atoms with Crippen molar-refractivity contribution >= 4 is 11.6 Å². The molecule has 0 atom stereocenters. The summed E-state index contributed by atoms with van der Waals surface area (Å²) in [6.45, 7) is 0.649. The fourth-order valence-electron chi connectivity index (χ4n) is 1.78. The third kappa shape index (κ3) is 2.99. The molecule has 0 bridgehead atoms. The molecule has 0 unspecified atom stereocenters. The molecule has 1 amide bonds. The number of hydrogen-bond donors (Lipinski definition) is 1. The fourth-order valence-corrected chi connectivity index (χ4v) is 1.78. The molecular weight excluding hydrogens is 200 g/mol. The van der Waals surface area contributed by atoms with Gasteiger partial charge in [-0.1, -0.05) is 12.1 Å². The highest BCUT2D eigenvalue weighted by molar-refractivity contribution is 5.76. The summed E-state index contributed by atoms with van der Waals surface area (Å²) in [6, 6.07) is 7.69. The van der Waals surface area contributed by atoms with Crippen LogP contribution in [0.5, 0.6) is 0 Å². The number of carbonyl (C=O) groups excluding carboxylic acids is 1. The van der Waals surface area contributed by atoms with Crippen molar-refractivity contribution in [3.05, 3.63) is 29.8 Å². The van der Waals surface area contributed by atoms with E-state index in [2.05, 4.69) is 0 Å². The maximum absolute atomic E-state index is 11.8. The smallest absolute Gasteiger partial charge is 0.222 e. The predicted octanol–water partition coefficient (Wildman–Crippen LogP) is 2.03. The SMILES string of the molecule is CN(Cc1cccc(N)c1)C(=O)CC1CC1. The molecule has 1 aliphatic carbocycles. The highest BCUT2D eigenvalue weighted by Gasteiger charge is 2.25. The molecule has 0 aliphatic heterocycles. The maximum Gasteiger partial charge on any atom is 0.222 e. The van der Waals surface area contributed by atoms with E-state index in [0.717, 1.165) is 11.3 Å². The molecule has 1 aliphatic rings. The first-order valence-corrected chi connectivity index (χ1v) is 5.73. The van der Waals surface area contributed by atoms with E-state index in [1.807, 2.05) is 31.3 Å². The van der Waals surface area contributed by atoms with Crippen molar-refractivity contribution in [2.24, 2.45) is 5.92 Å². The Morgan fingerprint density at radius 2 is 2.25 bits per heavy atom. The van der Waals surface area contributed by atoms with E-state index in [-0.39, 0.29) is 5.91 Å². The van der Waals surface area contributed by atoms with Crippen LogP contribution >= 0.6 is 0 Å². The third-order valence-electron chi connectivity index (χ3n) is 2.96. The van der Waals surface area contributed by atoms with Crippen LogP contribution in [-0.4, -0.2) is 17.9 Å². The van der Waals surface area contributed by atoms with E-state index in [0.29, 0.717) is 18.9 Å². The zero-order valence-electron chi connectivity index (χ0n) is 9.65. The van der Waals surface area contributed by atoms with Gasteiger partial charge in [0.1, 0.15) is 0 Å². The van der Waals surface area contributed by atoms with Crippen molar-refractivity contribution in [3.8, 4) is 0 Å². The van der Waals surface area contributed by atoms with Crippen LogP contribution in [-0.2, 0) is 11.3 Å². The minimum Gasteiger partial charge on any atom is -0.399 e. The van der Waals surface area contributed by atoms with E-state index >= 15 is 0 Å². The Balaban J connectivity index is 1.90. The molecule has 16 heavy (non-hydrogen) atoms. The summed E-state index contributed by atoms with van der Waals surface area (Å²) >= 11 is 0. The van der Waals surface area contributed by atoms with E-state index in [4.69, 9.17) is 5.73 Å². The summed E-state index contributed by atoms with van der Waals surface area (Å²) < 4.78 is 0. The number of carbonyl (C=O) groups is 1. The minimum absolute atomic E-state index is 0.241. The van der Waals surface area contributed by atoms with E-state index in [1.54, 1.807) is 4.90 Å². The lowest BCUT2D eigenvalue weighted by Crippen LogP contribution is -2.26. The van der Waals surface area contributed by atoms with Crippen molar-refractivity contribution < 1.29 is 4.79 Å². The Bertz CT molecular complexity index is 385. The maximum atomic E-state index is 11.8. The van der Waals surface area contributed by atoms with Gasteiger partial charge in [0.15, 0.2) is 0 Å². The van der Waals surface area contributed by atoms with Gasteiger partial charge in [-0.2, -0.15) is 0 Å². The summed E-state index contributed by atoms with van der Waals surface area (Å²) in [5.41, 5.74) is 7.54. The summed E-state index contributed by atoms with van der Waals surface area (Å²) in [4.78, 5) is 13.6. The summed E-state index contributed by atoms with van der Waals surface area (Å²) in [7, 11) is 1.86. The molecule has 3 heteroatoms. The van der Waals surface area contributed by atoms with Crippen LogP contribution in [0.2, 0.25) is 0 Å². The van der Waals surface area contributed by atoms with Gasteiger partial charge in [0.2, 0.25) is 5.91 Å². The second-order valence-electron chi connectivity index (χ2n) is 4.64. The molecule has 2 rings (SSSR count). The highest BCUT2D eigenvalue weighted by Crippen LogP contribution is 2.32. The van der Waals surface area contributed by atoms with Gasteiger partial charge in [-0.15, -0.1) is 0 Å². The van der Waals surface area contributed by atoms with Crippen LogP contribution in [0.15, 0.2) is 24.3 Å². The standard InChI is InChI=1S/C13H18N2O/c1-15(13(16)8-10-5-6-10)9-11-3-2-4-12(14)7-11/h2-4,7,10H,5-6,8-9,14H2,1H3. The van der Waals surface area contributed by atoms with Crippen LogP contribution in [0.4, 0.5) is 5.69 Å². The number of anilines is 1. The molecule has 1 saturated carbocycles. The van der Waals surface area contributed by atoms with Crippen LogP contribution in [0.3, 0.4) is 0 Å². The average Bonchev–Trinajstić information content (AvgIpc) is 3.01. The first-order valence-electron chi connectivity index (χ1n) is 5.73. The van der Waals surface area contributed by atoms with Gasteiger partial charge in [0.25, 0.3) is 0 Å². The zero-order valence-corrected chi connectivity index (χ0v) is 9.65. The number of amides is 1. The normalized spacial score (nSPS) is 14.8. The molecule has 2 N–H and O–H groups in total. The first-order chi connectivity index (χ1) is 7.65. The largest absolute Gasteiger partial charge is 0.399 e. The number of nitrogen functional groups attached to an aromatic ring is 1. The number of benzene rings is 1. The Morgan fingerprint density at radius 3 is 2.88 bits per heavy atom. The molecule has 1 aromatic carbocycles. The topological polar surface area (TPSA) is 46.3 Å². The molecule has 0 radical (unpaired) electrons. The molecule has 0 heterocycles. The van der Waals surface area contributed by atoms with E-state index in [9.17, 15) is 4.79 Å². The number of hydrogen-bond acceptors (Lipinski definition) is 2. The first kappa shape index (κ1) is 11.0. The molecule has 0 saturated heterocycles. The van der Waals surface area contributed by atoms with Crippen LogP contribution in [0.1, 0.15) is 24.8 Å². The monoisotopic (exact) mass is 218 g/mol. The van der Waals surface area contributed by atoms with Gasteiger partial charge < -0.3 is 10.6 Å². The molecule has 0 spiro atoms. The lowest BCUT2D eigenvalue weighted by atomic mass is 10.2. The van der Waals surface area contributed by atoms with Gasteiger partial charge in [-0.3, -0.25) is 4.79 Å². The van der Waals surface area contributed by atoms with Crippen LogP contribution in [0, 0.1) is 5.92 Å². The fraction of sp³-hybridized carbons (Fsp3) is 0.462. The van der Waals surface area contributed by atoms with Crippen molar-refractivity contribution in [3.63, 3.8) is 0 Å². The zero-order chi connectivity index (χ0) is 11.5. The Kier molecular flexibility index (Phi) is 3.13. The van der Waals surface area contributed by atoms with Crippen molar-refractivity contribution in [1.82, 2.24) is 4.90 Å². The van der Waals surface area contributed by atoms with E-state index < -0.39 is 0 Å². The van der Waals surface area contributed by atoms with Crippen LogP contribution in [0.25, 0.3) is 0 Å². The molecule has 3 nitrogen and oxygen atoms in total. The van der Waals surface area contributed by atoms with Crippen molar-refractivity contribution in [2.45, 2.75) is 25.8 Å². The summed E-state index contributed by atoms with van der Waals surface area (Å²) in [5.74, 6) is 0.890. The Hall–Kier alpha value is -1.51. The lowest BCUT2D eigenvalue weighted by Gasteiger charge is -2.17. The molecule has 1 aromatic rings. The quantitative estimate of drug-likeness (QED) is 0.786. The van der Waals surface area contributed by atoms with E-state index in [1.165, 1.54) is 12.8 Å². The number of nitrogens with zero attached hydrogens (tertiary/aromatic N) is 1. The van der Waals surface area contributed by atoms with Crippen molar-refractivity contribution in [1.29, 1.82) is 0 Å². The molecule has 1 fully saturated rings. The van der Waals surface area contributed by atoms with Crippen LogP contribution < -0.4 is 5.73 Å². The number of nitrogens with two attached hydrogens (primary N) is 1. The van der Waals surface area contributed by atoms with Gasteiger partial charge >= 0.3 is 0 Å². The average molecular weight is 218 g/mol. The Labute approximate surface area is 96.2 Å². The minimum atomic E-state index is 0.241. The predicted molar refractivity (Wildman–Crippen MR) is 64.7 cm³/mol. The summed E-state index contributed by atoms with van der Waals surface area (Å²) in [6.07, 6.45) is 3.15. The second-order valence-corrected chi connectivity index (χ2v) is 4.64. The lowest BCUT2D eigenvalue weighted by molar-refractivity contribution is -0.130. The molecule has 0 aromatic heterocycles.